The number of isocyanates is 1. The molecule has 0 saturated heterocycles. The minimum Gasteiger partial charge on any atom is -0.448 e. The first-order chi connectivity index (χ1) is 13.5. The molecule has 1 aromatic rings. The van der Waals surface area contributed by atoms with E-state index in [1.54, 1.807) is 11.5 Å². The van der Waals surface area contributed by atoms with Gasteiger partial charge in [-0.1, -0.05) is 36.8 Å². The number of thioether (sulfide) groups is 1. The summed E-state index contributed by atoms with van der Waals surface area (Å²) in [6, 6.07) is 3.73. The first-order valence-corrected chi connectivity index (χ1v) is 10.4. The highest BCUT2D eigenvalue weighted by atomic mass is 32.2. The number of carbonyl (C=O) groups is 2. The van der Waals surface area contributed by atoms with E-state index >= 15 is 0 Å². The van der Waals surface area contributed by atoms with Crippen LogP contribution in [0.5, 0.6) is 0 Å². The molecule has 0 saturated carbocycles. The van der Waals surface area contributed by atoms with Crippen LogP contribution in [0.25, 0.3) is 0 Å². The molecule has 1 atom stereocenters. The largest absolute Gasteiger partial charge is 0.448 e. The van der Waals surface area contributed by atoms with Gasteiger partial charge in [0.2, 0.25) is 12.0 Å². The van der Waals surface area contributed by atoms with Gasteiger partial charge in [0.05, 0.1) is 18.3 Å². The van der Waals surface area contributed by atoms with Crippen LogP contribution < -0.4 is 10.6 Å². The molecule has 0 aliphatic rings. The third-order valence-electron chi connectivity index (χ3n) is 3.63. The second kappa shape index (κ2) is 14.8. The molecule has 2 amide bonds. The zero-order valence-electron chi connectivity index (χ0n) is 15.9. The highest BCUT2D eigenvalue weighted by Gasteiger charge is 2.16. The van der Waals surface area contributed by atoms with Gasteiger partial charge >= 0.3 is 6.09 Å². The van der Waals surface area contributed by atoms with E-state index in [0.29, 0.717) is 17.4 Å². The molecular formula is C18H26N4O4S2. The number of amides is 2. The molecule has 1 heterocycles. The molecule has 0 aliphatic heterocycles. The average Bonchev–Trinajstić information content (AvgIpc) is 3.22. The quantitative estimate of drug-likeness (QED) is 0.230. The van der Waals surface area contributed by atoms with Gasteiger partial charge in [-0.15, -0.1) is 0 Å². The van der Waals surface area contributed by atoms with E-state index in [2.05, 4.69) is 15.6 Å². The number of aromatic nitrogens is 1. The van der Waals surface area contributed by atoms with Crippen LogP contribution in [-0.2, 0) is 14.3 Å². The molecule has 28 heavy (non-hydrogen) atoms. The van der Waals surface area contributed by atoms with Gasteiger partial charge in [0.1, 0.15) is 10.9 Å². The van der Waals surface area contributed by atoms with Gasteiger partial charge in [-0.05, 0) is 31.9 Å². The molecule has 154 valence electrons. The van der Waals surface area contributed by atoms with Crippen molar-refractivity contribution in [3.63, 3.8) is 0 Å². The summed E-state index contributed by atoms with van der Waals surface area (Å²) in [6.07, 6.45) is 8.20. The van der Waals surface area contributed by atoms with E-state index in [1.165, 1.54) is 17.8 Å². The van der Waals surface area contributed by atoms with Crippen molar-refractivity contribution < 1.29 is 19.1 Å². The Hall–Kier alpha value is -2.16. The van der Waals surface area contributed by atoms with Crippen LogP contribution in [-0.4, -0.2) is 58.5 Å². The van der Waals surface area contributed by atoms with Crippen molar-refractivity contribution in [2.45, 2.75) is 37.9 Å². The molecule has 10 heteroatoms. The fourth-order valence-electron chi connectivity index (χ4n) is 2.14. The summed E-state index contributed by atoms with van der Waals surface area (Å²) in [5.74, 6) is -0.164. The van der Waals surface area contributed by atoms with Crippen molar-refractivity contribution in [3.8, 4) is 0 Å². The summed E-state index contributed by atoms with van der Waals surface area (Å²) < 4.78 is 7.38. The first kappa shape index (κ1) is 23.9. The molecule has 0 fully saturated rings. The molecule has 0 aromatic carbocycles. The molecule has 1 unspecified atom stereocenters. The van der Waals surface area contributed by atoms with E-state index in [0.717, 1.165) is 25.7 Å². The lowest BCUT2D eigenvalue weighted by atomic mass is 10.2. The topological polar surface area (TPSA) is 102 Å². The third kappa shape index (κ3) is 10.9. The lowest BCUT2D eigenvalue weighted by molar-refractivity contribution is -0.120. The van der Waals surface area contributed by atoms with Crippen LogP contribution in [0.4, 0.5) is 4.79 Å². The molecule has 0 radical (unpaired) electrons. The number of unbranched alkanes of at least 4 members (excludes halogenated alkanes) is 3. The van der Waals surface area contributed by atoms with Crippen LogP contribution in [0.15, 0.2) is 29.5 Å². The summed E-state index contributed by atoms with van der Waals surface area (Å²) in [5, 5.41) is 5.03. The molecule has 1 rings (SSSR count). The second-order valence-electron chi connectivity index (χ2n) is 5.86. The van der Waals surface area contributed by atoms with E-state index < -0.39 is 6.09 Å². The SMILES string of the molecule is CC(SC(=S)n1cccc1)C(=O)NCCOC(=O)NCCCCCCN=C=O. The number of carbonyl (C=O) groups excluding carboxylic acids is 3. The standard InChI is InChI=1S/C18H26N4O4S2/c1-15(28-18(27)22-11-6-7-12-22)16(24)20-10-13-26-17(25)21-9-5-3-2-4-8-19-14-23/h6-7,11-12,15H,2-5,8-10,13H2,1H3,(H,20,24)(H,21,25). The Balaban J connectivity index is 2.02. The third-order valence-corrected chi connectivity index (χ3v) is 5.11. The van der Waals surface area contributed by atoms with Gasteiger partial charge < -0.3 is 19.9 Å². The van der Waals surface area contributed by atoms with Crippen molar-refractivity contribution in [1.82, 2.24) is 15.2 Å². The van der Waals surface area contributed by atoms with E-state index in [1.807, 2.05) is 24.5 Å². The molecular weight excluding hydrogens is 400 g/mol. The van der Waals surface area contributed by atoms with Crippen molar-refractivity contribution in [3.05, 3.63) is 24.5 Å². The summed E-state index contributed by atoms with van der Waals surface area (Å²) >= 11 is 6.56. The molecule has 0 bridgehead atoms. The maximum Gasteiger partial charge on any atom is 0.407 e. The van der Waals surface area contributed by atoms with Crippen molar-refractivity contribution in [2.75, 3.05) is 26.2 Å². The van der Waals surface area contributed by atoms with E-state index in [-0.39, 0.29) is 24.3 Å². The Bertz CT molecular complexity index is 661. The number of aliphatic imine (C=N–C) groups is 1. The highest BCUT2D eigenvalue weighted by Crippen LogP contribution is 2.15. The van der Waals surface area contributed by atoms with Gasteiger partial charge in [-0.25, -0.2) is 14.6 Å². The first-order valence-electron chi connectivity index (χ1n) is 9.10. The number of nitrogens with one attached hydrogen (secondary N) is 2. The lowest BCUT2D eigenvalue weighted by Crippen LogP contribution is -2.35. The monoisotopic (exact) mass is 426 g/mol. The number of rotatable bonds is 12. The summed E-state index contributed by atoms with van der Waals surface area (Å²) in [4.78, 5) is 37.0. The van der Waals surface area contributed by atoms with Gasteiger partial charge in [0.25, 0.3) is 0 Å². The Morgan fingerprint density at radius 1 is 1.18 bits per heavy atom. The fourth-order valence-corrected chi connectivity index (χ4v) is 3.43. The van der Waals surface area contributed by atoms with Gasteiger partial charge in [0.15, 0.2) is 0 Å². The maximum atomic E-state index is 12.0. The minimum absolute atomic E-state index is 0.0979. The summed E-state index contributed by atoms with van der Waals surface area (Å²) in [7, 11) is 0. The van der Waals surface area contributed by atoms with Gasteiger partial charge in [0, 0.05) is 18.9 Å². The number of thiocarbonyl (C=S) groups is 1. The number of alkyl carbamates (subject to hydrolysis) is 1. The smallest absolute Gasteiger partial charge is 0.407 e. The number of ether oxygens (including phenoxy) is 1. The zero-order valence-corrected chi connectivity index (χ0v) is 17.5. The Kier molecular flexibility index (Phi) is 12.7. The normalized spacial score (nSPS) is 11.2. The van der Waals surface area contributed by atoms with Crippen LogP contribution >= 0.6 is 24.0 Å². The van der Waals surface area contributed by atoms with Crippen LogP contribution in [0.3, 0.4) is 0 Å². The predicted octanol–water partition coefficient (Wildman–Crippen LogP) is 2.48. The number of nitrogens with zero attached hydrogens (tertiary/aromatic N) is 2. The van der Waals surface area contributed by atoms with Crippen molar-refractivity contribution >= 4 is 46.4 Å². The highest BCUT2D eigenvalue weighted by molar-refractivity contribution is 8.23. The van der Waals surface area contributed by atoms with Crippen molar-refractivity contribution in [2.24, 2.45) is 4.99 Å². The summed E-state index contributed by atoms with van der Waals surface area (Å²) in [5.41, 5.74) is 0. The lowest BCUT2D eigenvalue weighted by Gasteiger charge is -2.13. The van der Waals surface area contributed by atoms with Crippen molar-refractivity contribution in [1.29, 1.82) is 0 Å². The maximum absolute atomic E-state index is 12.0. The number of hydrogen-bond donors (Lipinski definition) is 2. The minimum atomic E-state index is -0.504. The zero-order chi connectivity index (χ0) is 20.6. The van der Waals surface area contributed by atoms with Crippen LogP contribution in [0.2, 0.25) is 0 Å². The molecule has 2 N–H and O–H groups in total. The Morgan fingerprint density at radius 3 is 2.61 bits per heavy atom. The molecule has 8 nitrogen and oxygen atoms in total. The Morgan fingerprint density at radius 2 is 1.89 bits per heavy atom. The number of hydrogen-bond acceptors (Lipinski definition) is 7. The second-order valence-corrected chi connectivity index (χ2v) is 7.83. The molecule has 1 aromatic heterocycles. The molecule has 0 spiro atoms. The fraction of sp³-hybridized carbons (Fsp3) is 0.556. The summed E-state index contributed by atoms with van der Waals surface area (Å²) in [6.45, 7) is 3.13. The average molecular weight is 427 g/mol. The molecule has 0 aliphatic carbocycles. The van der Waals surface area contributed by atoms with E-state index in [4.69, 9.17) is 17.0 Å². The van der Waals surface area contributed by atoms with E-state index in [9.17, 15) is 14.4 Å². The Labute approximate surface area is 174 Å². The van der Waals surface area contributed by atoms with Gasteiger partial charge in [-0.2, -0.15) is 0 Å². The van der Waals surface area contributed by atoms with Crippen LogP contribution in [0.1, 0.15) is 32.6 Å². The van der Waals surface area contributed by atoms with Crippen LogP contribution in [0, 0.1) is 0 Å². The predicted molar refractivity (Wildman–Crippen MR) is 113 cm³/mol. The van der Waals surface area contributed by atoms with Gasteiger partial charge in [-0.3, -0.25) is 4.79 Å².